The molecular formula is C11H10F2N2O2. The Hall–Kier alpha value is -1.98. The number of hydrogen-bond donors (Lipinski definition) is 0. The van der Waals surface area contributed by atoms with Gasteiger partial charge in [0.05, 0.1) is 12.6 Å². The predicted molar refractivity (Wildman–Crippen MR) is 56.7 cm³/mol. The van der Waals surface area contributed by atoms with Gasteiger partial charge in [-0.3, -0.25) is 9.48 Å². The van der Waals surface area contributed by atoms with E-state index in [1.54, 1.807) is 24.3 Å². The van der Waals surface area contributed by atoms with Crippen molar-refractivity contribution < 1.29 is 18.3 Å². The van der Waals surface area contributed by atoms with Gasteiger partial charge in [-0.1, -0.05) is 18.2 Å². The molecule has 1 heterocycles. The second-order valence-electron chi connectivity index (χ2n) is 3.44. The molecule has 1 aromatic carbocycles. The topological polar surface area (TPSA) is 44.1 Å². The first-order chi connectivity index (χ1) is 8.13. The first-order valence-electron chi connectivity index (χ1n) is 4.94. The SMILES string of the molecule is COC(=O)Cn1nc(C(F)F)c2ccccc21. The fourth-order valence-electron chi connectivity index (χ4n) is 1.62. The Kier molecular flexibility index (Phi) is 3.03. The molecule has 0 atom stereocenters. The van der Waals surface area contributed by atoms with Crippen LogP contribution in [-0.2, 0) is 16.1 Å². The van der Waals surface area contributed by atoms with Gasteiger partial charge in [-0.2, -0.15) is 5.10 Å². The van der Waals surface area contributed by atoms with E-state index in [4.69, 9.17) is 0 Å². The van der Waals surface area contributed by atoms with Gasteiger partial charge < -0.3 is 4.74 Å². The molecule has 17 heavy (non-hydrogen) atoms. The Morgan fingerprint density at radius 3 is 2.82 bits per heavy atom. The van der Waals surface area contributed by atoms with E-state index >= 15 is 0 Å². The fraction of sp³-hybridized carbons (Fsp3) is 0.273. The third kappa shape index (κ3) is 2.11. The minimum atomic E-state index is -2.67. The molecule has 0 amide bonds. The zero-order valence-corrected chi connectivity index (χ0v) is 9.06. The van der Waals surface area contributed by atoms with Crippen LogP contribution in [0.3, 0.4) is 0 Å². The number of ether oxygens (including phenoxy) is 1. The van der Waals surface area contributed by atoms with Crippen molar-refractivity contribution in [3.8, 4) is 0 Å². The molecule has 2 rings (SSSR count). The summed E-state index contributed by atoms with van der Waals surface area (Å²) in [4.78, 5) is 11.1. The highest BCUT2D eigenvalue weighted by molar-refractivity contribution is 5.83. The lowest BCUT2D eigenvalue weighted by Gasteiger charge is -2.00. The van der Waals surface area contributed by atoms with E-state index in [0.717, 1.165) is 0 Å². The lowest BCUT2D eigenvalue weighted by atomic mass is 10.2. The molecule has 1 aromatic heterocycles. The molecular weight excluding hydrogens is 230 g/mol. The fourth-order valence-corrected chi connectivity index (χ4v) is 1.62. The Labute approximate surface area is 95.8 Å². The molecule has 90 valence electrons. The van der Waals surface area contributed by atoms with Crippen molar-refractivity contribution in [2.45, 2.75) is 13.0 Å². The summed E-state index contributed by atoms with van der Waals surface area (Å²) in [7, 11) is 1.24. The van der Waals surface area contributed by atoms with E-state index in [1.807, 2.05) is 0 Å². The van der Waals surface area contributed by atoms with Crippen LogP contribution >= 0.6 is 0 Å². The summed E-state index contributed by atoms with van der Waals surface area (Å²) in [6.07, 6.45) is -2.67. The summed E-state index contributed by atoms with van der Waals surface area (Å²) in [5.41, 5.74) is 0.178. The number of carbonyl (C=O) groups is 1. The highest BCUT2D eigenvalue weighted by Crippen LogP contribution is 2.26. The monoisotopic (exact) mass is 240 g/mol. The van der Waals surface area contributed by atoms with Crippen molar-refractivity contribution in [3.63, 3.8) is 0 Å². The number of esters is 1. The van der Waals surface area contributed by atoms with Gasteiger partial charge in [-0.05, 0) is 6.07 Å². The number of alkyl halides is 2. The van der Waals surface area contributed by atoms with Crippen molar-refractivity contribution in [1.82, 2.24) is 9.78 Å². The molecule has 2 aromatic rings. The van der Waals surface area contributed by atoms with Crippen LogP contribution < -0.4 is 0 Å². The third-order valence-electron chi connectivity index (χ3n) is 2.40. The van der Waals surface area contributed by atoms with Gasteiger partial charge in [-0.15, -0.1) is 0 Å². The molecule has 0 radical (unpaired) electrons. The van der Waals surface area contributed by atoms with E-state index in [-0.39, 0.29) is 12.2 Å². The number of carbonyl (C=O) groups excluding carboxylic acids is 1. The van der Waals surface area contributed by atoms with Gasteiger partial charge in [0.25, 0.3) is 6.43 Å². The molecule has 0 N–H and O–H groups in total. The van der Waals surface area contributed by atoms with Crippen molar-refractivity contribution in [2.24, 2.45) is 0 Å². The molecule has 0 aliphatic carbocycles. The van der Waals surface area contributed by atoms with Gasteiger partial charge in [0.1, 0.15) is 12.2 Å². The van der Waals surface area contributed by atoms with Crippen LogP contribution in [0.1, 0.15) is 12.1 Å². The molecule has 0 fully saturated rings. The van der Waals surface area contributed by atoms with Crippen LogP contribution in [0.25, 0.3) is 10.9 Å². The zero-order valence-electron chi connectivity index (χ0n) is 9.06. The quantitative estimate of drug-likeness (QED) is 0.772. The van der Waals surface area contributed by atoms with E-state index in [0.29, 0.717) is 10.9 Å². The molecule has 0 aliphatic rings. The number of rotatable bonds is 3. The Morgan fingerprint density at radius 1 is 1.47 bits per heavy atom. The highest BCUT2D eigenvalue weighted by Gasteiger charge is 2.19. The summed E-state index contributed by atoms with van der Waals surface area (Å²) in [5.74, 6) is -0.529. The maximum atomic E-state index is 12.7. The Balaban J connectivity index is 2.52. The van der Waals surface area contributed by atoms with Crippen LogP contribution in [0, 0.1) is 0 Å². The molecule has 0 bridgehead atoms. The first kappa shape index (κ1) is 11.5. The average molecular weight is 240 g/mol. The normalized spacial score (nSPS) is 11.1. The summed E-state index contributed by atoms with van der Waals surface area (Å²) in [6, 6.07) is 6.54. The van der Waals surface area contributed by atoms with E-state index in [1.165, 1.54) is 11.8 Å². The average Bonchev–Trinajstić information content (AvgIpc) is 2.68. The van der Waals surface area contributed by atoms with Crippen molar-refractivity contribution >= 4 is 16.9 Å². The first-order valence-corrected chi connectivity index (χ1v) is 4.94. The number of hydrogen-bond acceptors (Lipinski definition) is 3. The maximum Gasteiger partial charge on any atom is 0.327 e. The van der Waals surface area contributed by atoms with Crippen molar-refractivity contribution in [3.05, 3.63) is 30.0 Å². The minimum absolute atomic E-state index is 0.177. The number of fused-ring (bicyclic) bond motifs is 1. The molecule has 6 heteroatoms. The second-order valence-corrected chi connectivity index (χ2v) is 3.44. The number of aromatic nitrogens is 2. The smallest absolute Gasteiger partial charge is 0.327 e. The van der Waals surface area contributed by atoms with Crippen LogP contribution in [0.15, 0.2) is 24.3 Å². The number of nitrogens with zero attached hydrogens (tertiary/aromatic N) is 2. The van der Waals surface area contributed by atoms with E-state index in [9.17, 15) is 13.6 Å². The predicted octanol–water partition coefficient (Wildman–Crippen LogP) is 2.15. The van der Waals surface area contributed by atoms with Crippen LogP contribution in [0.4, 0.5) is 8.78 Å². The summed E-state index contributed by atoms with van der Waals surface area (Å²) < 4.78 is 31.2. The zero-order chi connectivity index (χ0) is 12.4. The Bertz CT molecular complexity index is 551. The van der Waals surface area contributed by atoms with Gasteiger partial charge in [0, 0.05) is 5.39 Å². The molecule has 0 spiro atoms. The molecule has 0 aliphatic heterocycles. The second kappa shape index (κ2) is 4.48. The Morgan fingerprint density at radius 2 is 2.18 bits per heavy atom. The van der Waals surface area contributed by atoms with Gasteiger partial charge in [0.15, 0.2) is 0 Å². The largest absolute Gasteiger partial charge is 0.468 e. The summed E-state index contributed by atoms with van der Waals surface area (Å²) >= 11 is 0. The minimum Gasteiger partial charge on any atom is -0.468 e. The van der Waals surface area contributed by atoms with E-state index in [2.05, 4.69) is 9.84 Å². The number of methoxy groups -OCH3 is 1. The molecule has 4 nitrogen and oxygen atoms in total. The number of halogens is 2. The van der Waals surface area contributed by atoms with Crippen molar-refractivity contribution in [2.75, 3.05) is 7.11 Å². The maximum absolute atomic E-state index is 12.7. The van der Waals surface area contributed by atoms with Crippen LogP contribution in [-0.4, -0.2) is 22.9 Å². The molecule has 0 saturated carbocycles. The highest BCUT2D eigenvalue weighted by atomic mass is 19.3. The molecule has 0 saturated heterocycles. The standard InChI is InChI=1S/C11H10F2N2O2/c1-17-9(16)6-15-8-5-3-2-4-7(8)10(14-15)11(12)13/h2-5,11H,6H2,1H3. The van der Waals surface area contributed by atoms with Crippen LogP contribution in [0.2, 0.25) is 0 Å². The summed E-state index contributed by atoms with van der Waals surface area (Å²) in [6.45, 7) is -0.177. The van der Waals surface area contributed by atoms with Crippen LogP contribution in [0.5, 0.6) is 0 Å². The lowest BCUT2D eigenvalue weighted by molar-refractivity contribution is -0.141. The molecule has 0 unspecified atom stereocenters. The number of benzene rings is 1. The van der Waals surface area contributed by atoms with Gasteiger partial charge >= 0.3 is 5.97 Å². The third-order valence-corrected chi connectivity index (χ3v) is 2.40. The lowest BCUT2D eigenvalue weighted by Crippen LogP contribution is -2.12. The number of para-hydroxylation sites is 1. The van der Waals surface area contributed by atoms with Crippen molar-refractivity contribution in [1.29, 1.82) is 0 Å². The van der Waals surface area contributed by atoms with Gasteiger partial charge in [-0.25, -0.2) is 8.78 Å². The van der Waals surface area contributed by atoms with E-state index < -0.39 is 12.4 Å². The van der Waals surface area contributed by atoms with Gasteiger partial charge in [0.2, 0.25) is 0 Å². The summed E-state index contributed by atoms with van der Waals surface area (Å²) in [5, 5.41) is 4.10.